The lowest BCUT2D eigenvalue weighted by molar-refractivity contribution is -0.142. The van der Waals surface area contributed by atoms with Gasteiger partial charge in [-0.25, -0.2) is 0 Å². The minimum absolute atomic E-state index is 0.0829. The van der Waals surface area contributed by atoms with E-state index in [-0.39, 0.29) is 24.5 Å². The molecule has 2 aliphatic heterocycles. The molecule has 27 heavy (non-hydrogen) atoms. The van der Waals surface area contributed by atoms with Gasteiger partial charge in [0.05, 0.1) is 26.5 Å². The molecule has 0 unspecified atom stereocenters. The fourth-order valence-corrected chi connectivity index (χ4v) is 3.40. The van der Waals surface area contributed by atoms with E-state index in [2.05, 4.69) is 5.32 Å². The predicted molar refractivity (Wildman–Crippen MR) is 100 cm³/mol. The summed E-state index contributed by atoms with van der Waals surface area (Å²) >= 11 is 0. The highest BCUT2D eigenvalue weighted by molar-refractivity contribution is 5.93. The summed E-state index contributed by atoms with van der Waals surface area (Å²) in [4.78, 5) is 28.7. The molecule has 3 rings (SSSR count). The van der Waals surface area contributed by atoms with E-state index in [4.69, 9.17) is 14.2 Å². The quantitative estimate of drug-likeness (QED) is 0.796. The molecular weight excluding hydrogens is 350 g/mol. The van der Waals surface area contributed by atoms with E-state index in [0.717, 1.165) is 12.8 Å². The summed E-state index contributed by atoms with van der Waals surface area (Å²) in [6.07, 6.45) is 1.48. The van der Waals surface area contributed by atoms with Gasteiger partial charge in [0.25, 0.3) is 5.91 Å². The molecule has 2 heterocycles. The van der Waals surface area contributed by atoms with E-state index >= 15 is 0 Å². The van der Waals surface area contributed by atoms with Crippen LogP contribution in [0.2, 0.25) is 0 Å². The lowest BCUT2D eigenvalue weighted by atomic mass is 10.2. The Labute approximate surface area is 159 Å². The van der Waals surface area contributed by atoms with Gasteiger partial charge in [0.15, 0.2) is 0 Å². The second-order valence-electron chi connectivity index (χ2n) is 6.72. The zero-order chi connectivity index (χ0) is 19.2. The zero-order valence-corrected chi connectivity index (χ0v) is 15.9. The van der Waals surface area contributed by atoms with Crippen LogP contribution in [0.4, 0.5) is 5.69 Å². The lowest BCUT2D eigenvalue weighted by Crippen LogP contribution is -2.52. The second kappa shape index (κ2) is 9.05. The highest BCUT2D eigenvalue weighted by Gasteiger charge is 2.30. The Kier molecular flexibility index (Phi) is 6.52. The Hall–Kier alpha value is -2.32. The first-order chi connectivity index (χ1) is 13.1. The second-order valence-corrected chi connectivity index (χ2v) is 6.72. The van der Waals surface area contributed by atoms with Crippen LogP contribution in [0.5, 0.6) is 11.5 Å². The summed E-state index contributed by atoms with van der Waals surface area (Å²) in [5.74, 6) is 1.18. The van der Waals surface area contributed by atoms with Gasteiger partial charge in [0.2, 0.25) is 5.91 Å². The monoisotopic (exact) mass is 377 g/mol. The van der Waals surface area contributed by atoms with Crippen molar-refractivity contribution in [3.8, 4) is 11.5 Å². The van der Waals surface area contributed by atoms with Crippen LogP contribution in [0.25, 0.3) is 0 Å². The van der Waals surface area contributed by atoms with Gasteiger partial charge in [0.1, 0.15) is 17.6 Å². The van der Waals surface area contributed by atoms with Gasteiger partial charge >= 0.3 is 0 Å². The van der Waals surface area contributed by atoms with Crippen molar-refractivity contribution < 1.29 is 23.8 Å². The van der Waals surface area contributed by atoms with Gasteiger partial charge in [-0.1, -0.05) is 0 Å². The maximum Gasteiger partial charge on any atom is 0.251 e. The van der Waals surface area contributed by atoms with Gasteiger partial charge < -0.3 is 24.4 Å². The first-order valence-electron chi connectivity index (χ1n) is 9.25. The highest BCUT2D eigenvalue weighted by Crippen LogP contribution is 2.29. The molecular formula is C19H27N3O5. The van der Waals surface area contributed by atoms with Crippen molar-refractivity contribution in [3.63, 3.8) is 0 Å². The topological polar surface area (TPSA) is 80.3 Å². The molecule has 0 spiro atoms. The zero-order valence-electron chi connectivity index (χ0n) is 15.9. The maximum atomic E-state index is 12.4. The van der Waals surface area contributed by atoms with Crippen LogP contribution in [0, 0.1) is 0 Å². The predicted octanol–water partition coefficient (Wildman–Crippen LogP) is 0.965. The SMILES string of the molecule is COc1ccc(NC(=O)CN2CCN(C(=O)[C@H]3CCCO3)CC2)c(OC)c1. The molecule has 1 aromatic carbocycles. The molecule has 1 aromatic rings. The number of anilines is 1. The van der Waals surface area contributed by atoms with Gasteiger partial charge in [-0.05, 0) is 25.0 Å². The van der Waals surface area contributed by atoms with Gasteiger partial charge in [-0.2, -0.15) is 0 Å². The molecule has 2 saturated heterocycles. The molecule has 1 N–H and O–H groups in total. The number of carbonyl (C=O) groups is 2. The summed E-state index contributed by atoms with van der Waals surface area (Å²) < 4.78 is 15.9. The van der Waals surface area contributed by atoms with Crippen molar-refractivity contribution >= 4 is 17.5 Å². The van der Waals surface area contributed by atoms with Crippen molar-refractivity contribution in [1.29, 1.82) is 0 Å². The Bertz CT molecular complexity index is 667. The van der Waals surface area contributed by atoms with Crippen molar-refractivity contribution in [3.05, 3.63) is 18.2 Å². The average Bonchev–Trinajstić information content (AvgIpc) is 3.23. The third-order valence-electron chi connectivity index (χ3n) is 4.94. The van der Waals surface area contributed by atoms with Crippen LogP contribution < -0.4 is 14.8 Å². The van der Waals surface area contributed by atoms with Crippen LogP contribution in [0.1, 0.15) is 12.8 Å². The Morgan fingerprint density at radius 1 is 1.19 bits per heavy atom. The maximum absolute atomic E-state index is 12.4. The van der Waals surface area contributed by atoms with Gasteiger partial charge in [0, 0.05) is 38.9 Å². The number of piperazine rings is 1. The third kappa shape index (κ3) is 4.90. The number of rotatable bonds is 6. The van der Waals surface area contributed by atoms with E-state index < -0.39 is 0 Å². The molecule has 2 fully saturated rings. The van der Waals surface area contributed by atoms with Crippen molar-refractivity contribution in [2.45, 2.75) is 18.9 Å². The highest BCUT2D eigenvalue weighted by atomic mass is 16.5. The van der Waals surface area contributed by atoms with E-state index in [9.17, 15) is 9.59 Å². The van der Waals surface area contributed by atoms with Gasteiger partial charge in [-0.15, -0.1) is 0 Å². The third-order valence-corrected chi connectivity index (χ3v) is 4.94. The molecule has 0 bridgehead atoms. The number of nitrogens with zero attached hydrogens (tertiary/aromatic N) is 2. The minimum atomic E-state index is -0.276. The first-order valence-corrected chi connectivity index (χ1v) is 9.25. The smallest absolute Gasteiger partial charge is 0.251 e. The van der Waals surface area contributed by atoms with Gasteiger partial charge in [-0.3, -0.25) is 14.5 Å². The molecule has 0 aromatic heterocycles. The van der Waals surface area contributed by atoms with Crippen molar-refractivity contribution in [2.24, 2.45) is 0 Å². The average molecular weight is 377 g/mol. The fraction of sp³-hybridized carbons (Fsp3) is 0.579. The van der Waals surface area contributed by atoms with Crippen LogP contribution in [0.3, 0.4) is 0 Å². The number of hydrogen-bond donors (Lipinski definition) is 1. The van der Waals surface area contributed by atoms with Crippen molar-refractivity contribution in [2.75, 3.05) is 58.9 Å². The number of amides is 2. The summed E-state index contributed by atoms with van der Waals surface area (Å²) in [6, 6.07) is 5.26. The Morgan fingerprint density at radius 2 is 1.96 bits per heavy atom. The molecule has 8 heteroatoms. The summed E-state index contributed by atoms with van der Waals surface area (Å²) in [5.41, 5.74) is 0.607. The fourth-order valence-electron chi connectivity index (χ4n) is 3.40. The number of carbonyl (C=O) groups excluding carboxylic acids is 2. The minimum Gasteiger partial charge on any atom is -0.497 e. The van der Waals surface area contributed by atoms with E-state index in [1.54, 1.807) is 32.4 Å². The Balaban J connectivity index is 1.47. The molecule has 2 amide bonds. The number of nitrogens with one attached hydrogen (secondary N) is 1. The largest absolute Gasteiger partial charge is 0.497 e. The van der Waals surface area contributed by atoms with Crippen LogP contribution >= 0.6 is 0 Å². The summed E-state index contributed by atoms with van der Waals surface area (Å²) in [5, 5.41) is 2.88. The van der Waals surface area contributed by atoms with E-state index in [1.165, 1.54) is 0 Å². The molecule has 1 atom stereocenters. The van der Waals surface area contributed by atoms with E-state index in [1.807, 2.05) is 9.80 Å². The number of hydrogen-bond acceptors (Lipinski definition) is 6. The lowest BCUT2D eigenvalue weighted by Gasteiger charge is -2.35. The van der Waals surface area contributed by atoms with Crippen LogP contribution in [-0.4, -0.2) is 81.3 Å². The van der Waals surface area contributed by atoms with Crippen LogP contribution in [0.15, 0.2) is 18.2 Å². The standard InChI is InChI=1S/C19H27N3O5/c1-25-14-5-6-15(17(12-14)26-2)20-18(23)13-21-7-9-22(10-8-21)19(24)16-4-3-11-27-16/h5-6,12,16H,3-4,7-11,13H2,1-2H3,(H,20,23)/t16-/m1/s1. The summed E-state index contributed by atoms with van der Waals surface area (Å²) in [6.45, 7) is 3.54. The van der Waals surface area contributed by atoms with E-state index in [0.29, 0.717) is 50.0 Å². The Morgan fingerprint density at radius 3 is 2.59 bits per heavy atom. The van der Waals surface area contributed by atoms with Crippen LogP contribution in [-0.2, 0) is 14.3 Å². The number of ether oxygens (including phenoxy) is 3. The summed E-state index contributed by atoms with van der Waals surface area (Å²) in [7, 11) is 3.13. The molecule has 2 aliphatic rings. The normalized spacial score (nSPS) is 20.4. The molecule has 0 saturated carbocycles. The molecule has 148 valence electrons. The molecule has 8 nitrogen and oxygen atoms in total. The molecule has 0 radical (unpaired) electrons. The van der Waals surface area contributed by atoms with Crippen molar-refractivity contribution in [1.82, 2.24) is 9.80 Å². The number of methoxy groups -OCH3 is 2. The number of benzene rings is 1. The first kappa shape index (κ1) is 19.4. The molecule has 0 aliphatic carbocycles.